The van der Waals surface area contributed by atoms with E-state index >= 15 is 0 Å². The molecule has 0 radical (unpaired) electrons. The molecule has 122 valence electrons. The highest BCUT2D eigenvalue weighted by molar-refractivity contribution is 5.88. The molecule has 0 saturated carbocycles. The Morgan fingerprint density at radius 1 is 0.920 bits per heavy atom. The van der Waals surface area contributed by atoms with Crippen molar-refractivity contribution in [1.29, 1.82) is 0 Å². The van der Waals surface area contributed by atoms with Gasteiger partial charge in [0.05, 0.1) is 11.9 Å². The van der Waals surface area contributed by atoms with Crippen LogP contribution in [0.1, 0.15) is 5.56 Å². The van der Waals surface area contributed by atoms with Crippen molar-refractivity contribution in [3.05, 3.63) is 84.8 Å². The van der Waals surface area contributed by atoms with Crippen molar-refractivity contribution in [3.8, 4) is 16.9 Å². The molecule has 4 rings (SSSR count). The van der Waals surface area contributed by atoms with Crippen molar-refractivity contribution in [2.24, 2.45) is 5.10 Å². The molecule has 25 heavy (non-hydrogen) atoms. The number of hydrogen-bond donors (Lipinski definition) is 0. The van der Waals surface area contributed by atoms with Gasteiger partial charge in [0.25, 0.3) is 0 Å². The van der Waals surface area contributed by atoms with Crippen molar-refractivity contribution in [2.45, 2.75) is 0 Å². The molecule has 0 aliphatic rings. The first-order valence-corrected chi connectivity index (χ1v) is 7.59. The fourth-order valence-electron chi connectivity index (χ4n) is 2.41. The number of halogens is 1. The highest BCUT2D eigenvalue weighted by Crippen LogP contribution is 2.23. The van der Waals surface area contributed by atoms with E-state index in [0.717, 1.165) is 16.8 Å². The van der Waals surface area contributed by atoms with Gasteiger partial charge < -0.3 is 0 Å². The summed E-state index contributed by atoms with van der Waals surface area (Å²) < 4.78 is 16.5. The molecule has 0 amide bonds. The van der Waals surface area contributed by atoms with Crippen LogP contribution in [0.5, 0.6) is 0 Å². The van der Waals surface area contributed by atoms with Crippen molar-refractivity contribution in [3.63, 3.8) is 0 Å². The Kier molecular flexibility index (Phi) is 3.88. The van der Waals surface area contributed by atoms with Gasteiger partial charge in [-0.25, -0.2) is 13.7 Å². The van der Waals surface area contributed by atoms with Gasteiger partial charge in [-0.15, -0.1) is 10.2 Å². The largest absolute Gasteiger partial charge is 0.240 e. The van der Waals surface area contributed by atoms with Crippen LogP contribution in [-0.4, -0.2) is 30.9 Å². The quantitative estimate of drug-likeness (QED) is 0.539. The maximum atomic E-state index is 13.2. The van der Waals surface area contributed by atoms with Crippen LogP contribution >= 0.6 is 0 Å². The van der Waals surface area contributed by atoms with Crippen LogP contribution in [0.3, 0.4) is 0 Å². The van der Waals surface area contributed by atoms with E-state index < -0.39 is 0 Å². The van der Waals surface area contributed by atoms with E-state index in [-0.39, 0.29) is 5.82 Å². The SMILES string of the molecule is Fc1ccc(-c2nn(-c3ccccc3)cc2/C=N\n2cnnc2)cc1. The lowest BCUT2D eigenvalue weighted by Crippen LogP contribution is -1.94. The van der Waals surface area contributed by atoms with Crippen LogP contribution in [0, 0.1) is 5.82 Å². The summed E-state index contributed by atoms with van der Waals surface area (Å²) in [6.07, 6.45) is 6.54. The van der Waals surface area contributed by atoms with Crippen LogP contribution in [0.15, 0.2) is 78.6 Å². The molecular formula is C18H13FN6. The molecule has 0 unspecified atom stereocenters. The molecule has 2 heterocycles. The third-order valence-corrected chi connectivity index (χ3v) is 3.62. The Hall–Kier alpha value is -3.61. The molecule has 0 saturated heterocycles. The Morgan fingerprint density at radius 2 is 1.64 bits per heavy atom. The number of nitrogens with zero attached hydrogens (tertiary/aromatic N) is 6. The Morgan fingerprint density at radius 3 is 2.36 bits per heavy atom. The minimum absolute atomic E-state index is 0.286. The topological polar surface area (TPSA) is 60.9 Å². The van der Waals surface area contributed by atoms with Crippen LogP contribution in [0.4, 0.5) is 4.39 Å². The highest BCUT2D eigenvalue weighted by atomic mass is 19.1. The van der Waals surface area contributed by atoms with Gasteiger partial charge >= 0.3 is 0 Å². The Labute approximate surface area is 142 Å². The molecule has 0 bridgehead atoms. The monoisotopic (exact) mass is 332 g/mol. The minimum atomic E-state index is -0.286. The number of para-hydroxylation sites is 1. The van der Waals surface area contributed by atoms with E-state index in [1.807, 2.05) is 36.5 Å². The lowest BCUT2D eigenvalue weighted by Gasteiger charge is -2.00. The molecule has 0 aliphatic heterocycles. The van der Waals surface area contributed by atoms with Gasteiger partial charge in [-0.05, 0) is 36.4 Å². The number of benzene rings is 2. The lowest BCUT2D eigenvalue weighted by atomic mass is 10.1. The predicted molar refractivity (Wildman–Crippen MR) is 92.0 cm³/mol. The second kappa shape index (κ2) is 6.48. The normalized spacial score (nSPS) is 11.2. The lowest BCUT2D eigenvalue weighted by molar-refractivity contribution is 0.628. The van der Waals surface area contributed by atoms with Crippen LogP contribution in [0.2, 0.25) is 0 Å². The zero-order chi connectivity index (χ0) is 17.1. The summed E-state index contributed by atoms with van der Waals surface area (Å²) in [4.78, 5) is 0. The standard InChI is InChI=1S/C18H13FN6/c19-16-8-6-14(7-9-16)18-15(10-22-24-12-20-21-13-24)11-25(23-18)17-4-2-1-3-5-17/h1-13H/b22-10-. The average molecular weight is 332 g/mol. The van der Waals surface area contributed by atoms with Gasteiger partial charge in [-0.3, -0.25) is 0 Å². The van der Waals surface area contributed by atoms with E-state index in [9.17, 15) is 4.39 Å². The van der Waals surface area contributed by atoms with Crippen molar-refractivity contribution < 1.29 is 4.39 Å². The first kappa shape index (κ1) is 14.9. The fraction of sp³-hybridized carbons (Fsp3) is 0. The van der Waals surface area contributed by atoms with Gasteiger partial charge in [0.15, 0.2) is 0 Å². The summed E-state index contributed by atoms with van der Waals surface area (Å²) in [6, 6.07) is 16.0. The number of rotatable bonds is 4. The van der Waals surface area contributed by atoms with Crippen LogP contribution < -0.4 is 0 Å². The average Bonchev–Trinajstić information content (AvgIpc) is 3.31. The maximum absolute atomic E-state index is 13.2. The molecule has 2 aromatic heterocycles. The maximum Gasteiger partial charge on any atom is 0.141 e. The highest BCUT2D eigenvalue weighted by Gasteiger charge is 2.11. The summed E-state index contributed by atoms with van der Waals surface area (Å²) in [5.41, 5.74) is 3.24. The molecule has 0 atom stereocenters. The van der Waals surface area contributed by atoms with Crippen molar-refractivity contribution >= 4 is 6.21 Å². The smallest absolute Gasteiger partial charge is 0.141 e. The summed E-state index contributed by atoms with van der Waals surface area (Å²) in [5, 5.41) is 16.4. The molecule has 4 aromatic rings. The molecule has 0 N–H and O–H groups in total. The molecule has 0 spiro atoms. The van der Waals surface area contributed by atoms with E-state index in [4.69, 9.17) is 0 Å². The molecule has 0 fully saturated rings. The van der Waals surface area contributed by atoms with E-state index in [1.54, 1.807) is 23.0 Å². The first-order valence-electron chi connectivity index (χ1n) is 7.59. The second-order valence-corrected chi connectivity index (χ2v) is 5.31. The van der Waals surface area contributed by atoms with Crippen molar-refractivity contribution in [1.82, 2.24) is 24.7 Å². The summed E-state index contributed by atoms with van der Waals surface area (Å²) in [7, 11) is 0. The molecular weight excluding hydrogens is 319 g/mol. The van der Waals surface area contributed by atoms with Gasteiger partial charge in [0, 0.05) is 17.3 Å². The molecule has 6 nitrogen and oxygen atoms in total. The Bertz CT molecular complexity index is 988. The zero-order valence-electron chi connectivity index (χ0n) is 13.1. The van der Waals surface area contributed by atoms with Gasteiger partial charge in [0.2, 0.25) is 0 Å². The van der Waals surface area contributed by atoms with Gasteiger partial charge in [0.1, 0.15) is 24.2 Å². The first-order chi connectivity index (χ1) is 12.3. The molecule has 7 heteroatoms. The Balaban J connectivity index is 1.79. The molecule has 0 aliphatic carbocycles. The van der Waals surface area contributed by atoms with Crippen LogP contribution in [0.25, 0.3) is 16.9 Å². The molecule has 2 aromatic carbocycles. The minimum Gasteiger partial charge on any atom is -0.240 e. The van der Waals surface area contributed by atoms with E-state index in [0.29, 0.717) is 5.69 Å². The van der Waals surface area contributed by atoms with Crippen LogP contribution in [-0.2, 0) is 0 Å². The van der Waals surface area contributed by atoms with E-state index in [2.05, 4.69) is 20.4 Å². The second-order valence-electron chi connectivity index (χ2n) is 5.31. The third-order valence-electron chi connectivity index (χ3n) is 3.62. The number of hydrogen-bond acceptors (Lipinski definition) is 4. The predicted octanol–water partition coefficient (Wildman–Crippen LogP) is 3.15. The summed E-state index contributed by atoms with van der Waals surface area (Å²) in [6.45, 7) is 0. The van der Waals surface area contributed by atoms with Gasteiger partial charge in [-0.1, -0.05) is 18.2 Å². The third kappa shape index (κ3) is 3.20. The summed E-state index contributed by atoms with van der Waals surface area (Å²) in [5.74, 6) is -0.286. The van der Waals surface area contributed by atoms with Crippen molar-refractivity contribution in [2.75, 3.05) is 0 Å². The number of aromatic nitrogens is 5. The summed E-state index contributed by atoms with van der Waals surface area (Å²) >= 11 is 0. The fourth-order valence-corrected chi connectivity index (χ4v) is 2.41. The van der Waals surface area contributed by atoms with E-state index in [1.165, 1.54) is 29.5 Å². The zero-order valence-corrected chi connectivity index (χ0v) is 13.1. The van der Waals surface area contributed by atoms with Gasteiger partial charge in [-0.2, -0.15) is 10.2 Å².